The molecule has 176 valence electrons. The minimum atomic E-state index is -1.11. The first-order valence-corrected chi connectivity index (χ1v) is 11.3. The molecule has 2 atom stereocenters. The molecule has 0 spiro atoms. The van der Waals surface area contributed by atoms with E-state index in [2.05, 4.69) is 32.8 Å². The molecule has 8 nitrogen and oxygen atoms in total. The second-order valence-electron chi connectivity index (χ2n) is 8.39. The Morgan fingerprint density at radius 3 is 2.85 bits per heavy atom. The summed E-state index contributed by atoms with van der Waals surface area (Å²) < 4.78 is 19.2. The topological polar surface area (TPSA) is 99.3 Å². The third-order valence-corrected chi connectivity index (χ3v) is 5.98. The number of hydrogen-bond donors (Lipinski definition) is 4. The Morgan fingerprint density at radius 1 is 1.30 bits per heavy atom. The van der Waals surface area contributed by atoms with Gasteiger partial charge in [0.15, 0.2) is 17.4 Å². The van der Waals surface area contributed by atoms with E-state index < -0.39 is 11.6 Å². The van der Waals surface area contributed by atoms with Crippen LogP contribution in [0.25, 0.3) is 0 Å². The number of likely N-dealkylation sites (N-methyl/N-ethyl adjacent to an activating group) is 1. The van der Waals surface area contributed by atoms with Crippen molar-refractivity contribution in [3.63, 3.8) is 0 Å². The van der Waals surface area contributed by atoms with Gasteiger partial charge in [-0.2, -0.15) is 0 Å². The van der Waals surface area contributed by atoms with Crippen LogP contribution in [0.4, 0.5) is 10.1 Å². The summed E-state index contributed by atoms with van der Waals surface area (Å²) in [5.74, 6) is -0.455. The zero-order valence-corrected chi connectivity index (χ0v) is 19.1. The van der Waals surface area contributed by atoms with Crippen LogP contribution in [0.5, 0.6) is 5.75 Å². The third kappa shape index (κ3) is 5.80. The molecular weight excluding hydrogens is 421 g/mol. The summed E-state index contributed by atoms with van der Waals surface area (Å²) in [6, 6.07) is 15.0. The summed E-state index contributed by atoms with van der Waals surface area (Å²) in [6.07, 6.45) is 2.78. The highest BCUT2D eigenvalue weighted by molar-refractivity contribution is 6.07. The van der Waals surface area contributed by atoms with Gasteiger partial charge in [0.05, 0.1) is 13.7 Å². The minimum absolute atomic E-state index is 0.178. The number of rotatable bonds is 7. The van der Waals surface area contributed by atoms with Crippen LogP contribution in [-0.4, -0.2) is 55.4 Å². The van der Waals surface area contributed by atoms with Crippen molar-refractivity contribution in [3.8, 4) is 5.75 Å². The highest BCUT2D eigenvalue weighted by atomic mass is 19.1. The van der Waals surface area contributed by atoms with Gasteiger partial charge in [0, 0.05) is 24.2 Å². The Balaban J connectivity index is 1.56. The summed E-state index contributed by atoms with van der Waals surface area (Å²) in [4.78, 5) is 11.9. The Kier molecular flexibility index (Phi) is 7.10. The van der Waals surface area contributed by atoms with Crippen LogP contribution in [0.3, 0.4) is 0 Å². The largest absolute Gasteiger partial charge is 0.494 e. The van der Waals surface area contributed by atoms with E-state index in [1.807, 2.05) is 30.3 Å². The molecule has 0 radical (unpaired) electrons. The zero-order valence-electron chi connectivity index (χ0n) is 19.1. The van der Waals surface area contributed by atoms with Gasteiger partial charge in [0.1, 0.15) is 0 Å². The van der Waals surface area contributed by atoms with Crippen molar-refractivity contribution in [3.05, 3.63) is 59.9 Å². The van der Waals surface area contributed by atoms with E-state index in [0.717, 1.165) is 25.1 Å². The quantitative estimate of drug-likeness (QED) is 0.514. The summed E-state index contributed by atoms with van der Waals surface area (Å²) in [7, 11) is 1.43. The third-order valence-electron chi connectivity index (χ3n) is 5.98. The number of anilines is 1. The fraction of sp³-hybridized carbons (Fsp3) is 0.417. The van der Waals surface area contributed by atoms with Crippen molar-refractivity contribution in [1.82, 2.24) is 15.5 Å². The average molecular weight is 454 g/mol. The predicted molar refractivity (Wildman–Crippen MR) is 130 cm³/mol. The number of nitrogens with one attached hydrogen (secondary N) is 3. The molecule has 2 aliphatic rings. The number of likely N-dealkylation sites (tertiary alicyclic amines) is 1. The summed E-state index contributed by atoms with van der Waals surface area (Å²) >= 11 is 0. The number of aliphatic imine (C=N–C) groups is 2. The Hall–Kier alpha value is -3.17. The van der Waals surface area contributed by atoms with Crippen LogP contribution < -0.4 is 26.4 Å². The molecule has 5 N–H and O–H groups in total. The number of guanidine groups is 2. The molecule has 2 aromatic carbocycles. The van der Waals surface area contributed by atoms with Gasteiger partial charge in [-0.05, 0) is 43.6 Å². The minimum Gasteiger partial charge on any atom is -0.494 e. The fourth-order valence-electron chi connectivity index (χ4n) is 4.33. The van der Waals surface area contributed by atoms with E-state index in [0.29, 0.717) is 36.6 Å². The number of benzene rings is 2. The fourth-order valence-corrected chi connectivity index (χ4v) is 4.33. The number of ether oxygens (including phenoxy) is 1. The highest BCUT2D eigenvalue weighted by Gasteiger charge is 2.32. The normalized spacial score (nSPS) is 24.2. The van der Waals surface area contributed by atoms with Gasteiger partial charge in [-0.3, -0.25) is 20.9 Å². The van der Waals surface area contributed by atoms with E-state index in [4.69, 9.17) is 15.5 Å². The van der Waals surface area contributed by atoms with Crippen molar-refractivity contribution >= 4 is 17.6 Å². The first-order chi connectivity index (χ1) is 16.0. The maximum Gasteiger partial charge on any atom is 0.206 e. The molecule has 1 saturated heterocycles. The molecular formula is C24H32FN7O. The molecule has 0 bridgehead atoms. The molecule has 33 heavy (non-hydrogen) atoms. The van der Waals surface area contributed by atoms with E-state index in [1.54, 1.807) is 12.1 Å². The molecule has 2 heterocycles. The number of nitrogens with zero attached hydrogens (tertiary/aromatic N) is 3. The lowest BCUT2D eigenvalue weighted by molar-refractivity contribution is 0.272. The molecule has 9 heteroatoms. The first kappa shape index (κ1) is 23.0. The maximum atomic E-state index is 14.2. The lowest BCUT2D eigenvalue weighted by Crippen LogP contribution is -2.65. The van der Waals surface area contributed by atoms with Crippen molar-refractivity contribution in [2.75, 3.05) is 32.1 Å². The van der Waals surface area contributed by atoms with Gasteiger partial charge < -0.3 is 15.4 Å². The smallest absolute Gasteiger partial charge is 0.206 e. The standard InChI is InChI=1S/C24H32FN7O/c1-3-32-13-7-10-19(32)16-27-22-29-23(28-18-11-12-21(33-2)20(25)14-18)31-24(26,30-22)15-17-8-5-4-6-9-17/h4-6,8-9,11-12,14,19H,3,7,10,13,15-16,26H2,1-2H3,(H3,27,28,29,30,31). The molecule has 2 aliphatic heterocycles. The lowest BCUT2D eigenvalue weighted by atomic mass is 10.1. The van der Waals surface area contributed by atoms with Gasteiger partial charge in [-0.25, -0.2) is 9.38 Å². The van der Waals surface area contributed by atoms with Crippen LogP contribution in [-0.2, 0) is 6.42 Å². The molecule has 2 aromatic rings. The molecule has 1 fully saturated rings. The van der Waals surface area contributed by atoms with Gasteiger partial charge in [0.25, 0.3) is 0 Å². The molecule has 0 amide bonds. The number of halogens is 1. The molecule has 0 aromatic heterocycles. The molecule has 0 aliphatic carbocycles. The second-order valence-corrected chi connectivity index (χ2v) is 8.39. The van der Waals surface area contributed by atoms with E-state index >= 15 is 0 Å². The molecule has 0 saturated carbocycles. The van der Waals surface area contributed by atoms with Crippen LogP contribution in [0.2, 0.25) is 0 Å². The van der Waals surface area contributed by atoms with E-state index in [-0.39, 0.29) is 5.75 Å². The van der Waals surface area contributed by atoms with E-state index in [1.165, 1.54) is 19.6 Å². The summed E-state index contributed by atoms with van der Waals surface area (Å²) in [6.45, 7) is 4.96. The maximum absolute atomic E-state index is 14.2. The van der Waals surface area contributed by atoms with Gasteiger partial charge in [-0.15, -0.1) is 0 Å². The lowest BCUT2D eigenvalue weighted by Gasteiger charge is -2.34. The number of nitrogens with two attached hydrogens (primary N) is 1. The molecule has 2 unspecified atom stereocenters. The average Bonchev–Trinajstić information content (AvgIpc) is 3.25. The summed E-state index contributed by atoms with van der Waals surface area (Å²) in [5.41, 5.74) is 8.24. The second kappa shape index (κ2) is 10.2. The van der Waals surface area contributed by atoms with Crippen molar-refractivity contribution in [1.29, 1.82) is 0 Å². The van der Waals surface area contributed by atoms with Crippen molar-refractivity contribution < 1.29 is 9.13 Å². The predicted octanol–water partition coefficient (Wildman–Crippen LogP) is 2.49. The Morgan fingerprint density at radius 2 is 2.12 bits per heavy atom. The van der Waals surface area contributed by atoms with Crippen molar-refractivity contribution in [2.24, 2.45) is 15.7 Å². The molecule has 4 rings (SSSR count). The van der Waals surface area contributed by atoms with Crippen LogP contribution in [0.1, 0.15) is 25.3 Å². The first-order valence-electron chi connectivity index (χ1n) is 11.3. The Bertz CT molecular complexity index is 1010. The number of hydrogen-bond acceptors (Lipinski definition) is 6. The zero-order chi connectivity index (χ0) is 23.3. The van der Waals surface area contributed by atoms with Crippen LogP contribution in [0.15, 0.2) is 58.5 Å². The SMILES string of the molecule is CCN1CCCC1CN=C1NC(Nc2ccc(OC)c(F)c2)=NC(N)(Cc2ccccc2)N1. The van der Waals surface area contributed by atoms with Gasteiger partial charge in [-0.1, -0.05) is 37.3 Å². The highest BCUT2D eigenvalue weighted by Crippen LogP contribution is 2.21. The van der Waals surface area contributed by atoms with Crippen LogP contribution >= 0.6 is 0 Å². The Labute approximate surface area is 194 Å². The van der Waals surface area contributed by atoms with Crippen molar-refractivity contribution in [2.45, 2.75) is 38.0 Å². The summed E-state index contributed by atoms with van der Waals surface area (Å²) in [5, 5.41) is 9.55. The van der Waals surface area contributed by atoms with E-state index in [9.17, 15) is 4.39 Å². The van der Waals surface area contributed by atoms with Crippen LogP contribution in [0, 0.1) is 5.82 Å². The monoisotopic (exact) mass is 453 g/mol. The number of methoxy groups -OCH3 is 1. The van der Waals surface area contributed by atoms with Gasteiger partial charge >= 0.3 is 0 Å². The van der Waals surface area contributed by atoms with Gasteiger partial charge in [0.2, 0.25) is 11.9 Å².